The molecule has 0 aliphatic heterocycles. The molecule has 0 saturated heterocycles. The molecule has 0 aliphatic carbocycles. The van der Waals surface area contributed by atoms with Gasteiger partial charge in [-0.3, -0.25) is 4.99 Å². The number of ether oxygens (including phenoxy) is 1. The maximum absolute atomic E-state index is 12.6. The Balaban J connectivity index is 1.86. The van der Waals surface area contributed by atoms with Crippen LogP contribution in [0.5, 0.6) is 5.75 Å². The molecule has 3 nitrogen and oxygen atoms in total. The third kappa shape index (κ3) is 4.17. The molecule has 0 bridgehead atoms. The summed E-state index contributed by atoms with van der Waals surface area (Å²) in [6, 6.07) is 28.2. The summed E-state index contributed by atoms with van der Waals surface area (Å²) < 4.78 is 5.45. The van der Waals surface area contributed by atoms with E-state index in [1.165, 1.54) is 0 Å². The average Bonchev–Trinajstić information content (AvgIpc) is 2.64. The predicted molar refractivity (Wildman–Crippen MR) is 95.2 cm³/mol. The Morgan fingerprint density at radius 2 is 1.29 bits per heavy atom. The van der Waals surface area contributed by atoms with E-state index < -0.39 is 5.97 Å². The zero-order valence-corrected chi connectivity index (χ0v) is 13.1. The second-order valence-electron chi connectivity index (χ2n) is 5.22. The third-order valence-electron chi connectivity index (χ3n) is 3.46. The largest absolute Gasteiger partial charge is 0.422 e. The molecule has 0 unspecified atom stereocenters. The Labute approximate surface area is 141 Å². The van der Waals surface area contributed by atoms with Gasteiger partial charge in [0.15, 0.2) is 5.71 Å². The first-order chi connectivity index (χ1) is 11.8. The SMILES string of the molecule is O=C(Oc1ccccc1)C(=NCc1ccccc1)c1ccccc1. The van der Waals surface area contributed by atoms with Crippen LogP contribution in [0.3, 0.4) is 0 Å². The number of hydrogen-bond donors (Lipinski definition) is 0. The number of hydrogen-bond acceptors (Lipinski definition) is 3. The van der Waals surface area contributed by atoms with Crippen molar-refractivity contribution < 1.29 is 9.53 Å². The molecular weight excluding hydrogens is 298 g/mol. The highest BCUT2D eigenvalue weighted by molar-refractivity contribution is 6.43. The van der Waals surface area contributed by atoms with Gasteiger partial charge in [0.25, 0.3) is 0 Å². The summed E-state index contributed by atoms with van der Waals surface area (Å²) in [5.74, 6) is 0.0502. The van der Waals surface area contributed by atoms with Crippen molar-refractivity contribution in [3.05, 3.63) is 102 Å². The molecule has 3 rings (SSSR count). The van der Waals surface area contributed by atoms with Crippen molar-refractivity contribution in [1.82, 2.24) is 0 Å². The zero-order valence-electron chi connectivity index (χ0n) is 13.1. The summed E-state index contributed by atoms with van der Waals surface area (Å²) in [5, 5.41) is 0. The van der Waals surface area contributed by atoms with Crippen LogP contribution in [0.15, 0.2) is 96.0 Å². The van der Waals surface area contributed by atoms with E-state index in [9.17, 15) is 4.79 Å². The minimum absolute atomic E-state index is 0.323. The van der Waals surface area contributed by atoms with Gasteiger partial charge in [0.2, 0.25) is 0 Å². The second-order valence-corrected chi connectivity index (χ2v) is 5.22. The number of carbonyl (C=O) groups is 1. The second kappa shape index (κ2) is 7.88. The monoisotopic (exact) mass is 315 g/mol. The Morgan fingerprint density at radius 3 is 1.92 bits per heavy atom. The zero-order chi connectivity index (χ0) is 16.6. The molecular formula is C21H17NO2. The smallest absolute Gasteiger partial charge is 0.362 e. The van der Waals surface area contributed by atoms with E-state index in [0.717, 1.165) is 11.1 Å². The minimum atomic E-state index is -0.455. The number of aliphatic imine (C=N–C) groups is 1. The lowest BCUT2D eigenvalue weighted by atomic mass is 10.1. The fraction of sp³-hybridized carbons (Fsp3) is 0.0476. The molecule has 3 aromatic carbocycles. The van der Waals surface area contributed by atoms with Gasteiger partial charge < -0.3 is 4.74 Å². The molecule has 0 saturated carbocycles. The van der Waals surface area contributed by atoms with E-state index in [2.05, 4.69) is 4.99 Å². The minimum Gasteiger partial charge on any atom is -0.422 e. The first-order valence-corrected chi connectivity index (χ1v) is 7.74. The molecule has 118 valence electrons. The standard InChI is InChI=1S/C21H17NO2/c23-21(24-19-14-8-3-9-15-19)20(18-12-6-2-7-13-18)22-16-17-10-4-1-5-11-17/h1-15H,16H2. The molecule has 0 atom stereocenters. The van der Waals surface area contributed by atoms with E-state index in [1.54, 1.807) is 12.1 Å². The van der Waals surface area contributed by atoms with Crippen molar-refractivity contribution in [2.45, 2.75) is 6.54 Å². The third-order valence-corrected chi connectivity index (χ3v) is 3.46. The first-order valence-electron chi connectivity index (χ1n) is 7.74. The summed E-state index contributed by atoms with van der Waals surface area (Å²) in [5.41, 5.74) is 2.11. The van der Waals surface area contributed by atoms with Crippen molar-refractivity contribution in [2.24, 2.45) is 4.99 Å². The van der Waals surface area contributed by atoms with Crippen molar-refractivity contribution in [1.29, 1.82) is 0 Å². The summed E-state index contributed by atoms with van der Waals surface area (Å²) in [4.78, 5) is 17.1. The highest BCUT2D eigenvalue weighted by Gasteiger charge is 2.16. The van der Waals surface area contributed by atoms with Gasteiger partial charge in [0.1, 0.15) is 5.75 Å². The van der Waals surface area contributed by atoms with Gasteiger partial charge in [-0.05, 0) is 17.7 Å². The van der Waals surface area contributed by atoms with Crippen molar-refractivity contribution >= 4 is 11.7 Å². The Hall–Kier alpha value is -3.20. The predicted octanol–water partition coefficient (Wildman–Crippen LogP) is 4.28. The molecule has 0 radical (unpaired) electrons. The first kappa shape index (κ1) is 15.7. The topological polar surface area (TPSA) is 38.7 Å². The Morgan fingerprint density at radius 1 is 0.750 bits per heavy atom. The summed E-state index contributed by atoms with van der Waals surface area (Å²) in [6.07, 6.45) is 0. The Bertz CT molecular complexity index is 812. The fourth-order valence-electron chi connectivity index (χ4n) is 2.27. The number of carbonyl (C=O) groups excluding carboxylic acids is 1. The van der Waals surface area contributed by atoms with Crippen molar-refractivity contribution in [2.75, 3.05) is 0 Å². The highest BCUT2D eigenvalue weighted by atomic mass is 16.5. The lowest BCUT2D eigenvalue weighted by Crippen LogP contribution is -2.22. The summed E-state index contributed by atoms with van der Waals surface area (Å²) in [7, 11) is 0. The van der Waals surface area contributed by atoms with Crippen LogP contribution >= 0.6 is 0 Å². The van der Waals surface area contributed by atoms with Crippen LogP contribution in [-0.2, 0) is 11.3 Å². The van der Waals surface area contributed by atoms with Gasteiger partial charge in [0.05, 0.1) is 6.54 Å². The number of para-hydroxylation sites is 1. The van der Waals surface area contributed by atoms with E-state index in [0.29, 0.717) is 18.0 Å². The molecule has 0 amide bonds. The molecule has 0 heterocycles. The van der Waals surface area contributed by atoms with Gasteiger partial charge in [-0.15, -0.1) is 0 Å². The van der Waals surface area contributed by atoms with Crippen molar-refractivity contribution in [3.63, 3.8) is 0 Å². The van der Waals surface area contributed by atoms with Gasteiger partial charge >= 0.3 is 5.97 Å². The molecule has 0 N–H and O–H groups in total. The van der Waals surface area contributed by atoms with Crippen LogP contribution in [0, 0.1) is 0 Å². The number of nitrogens with zero attached hydrogens (tertiary/aromatic N) is 1. The molecule has 3 aromatic rings. The van der Waals surface area contributed by atoms with Crippen molar-refractivity contribution in [3.8, 4) is 5.75 Å². The summed E-state index contributed by atoms with van der Waals surface area (Å²) in [6.45, 7) is 0.426. The molecule has 0 aromatic heterocycles. The van der Waals surface area contributed by atoms with E-state index >= 15 is 0 Å². The van der Waals surface area contributed by atoms with E-state index in [4.69, 9.17) is 4.74 Å². The average molecular weight is 315 g/mol. The van der Waals surface area contributed by atoms with Crippen LogP contribution in [0.1, 0.15) is 11.1 Å². The van der Waals surface area contributed by atoms with Gasteiger partial charge in [-0.2, -0.15) is 0 Å². The Kier molecular flexibility index (Phi) is 5.15. The maximum atomic E-state index is 12.6. The molecule has 0 fully saturated rings. The maximum Gasteiger partial charge on any atom is 0.362 e. The molecule has 24 heavy (non-hydrogen) atoms. The van der Waals surface area contributed by atoms with E-state index in [1.807, 2.05) is 78.9 Å². The van der Waals surface area contributed by atoms with Gasteiger partial charge in [-0.25, -0.2) is 4.79 Å². The van der Waals surface area contributed by atoms with E-state index in [-0.39, 0.29) is 0 Å². The van der Waals surface area contributed by atoms with Crippen LogP contribution in [-0.4, -0.2) is 11.7 Å². The number of esters is 1. The lowest BCUT2D eigenvalue weighted by Gasteiger charge is -2.08. The number of rotatable bonds is 5. The summed E-state index contributed by atoms with van der Waals surface area (Å²) >= 11 is 0. The normalized spacial score (nSPS) is 11.1. The molecule has 3 heteroatoms. The highest BCUT2D eigenvalue weighted by Crippen LogP contribution is 2.12. The van der Waals surface area contributed by atoms with Gasteiger partial charge in [0, 0.05) is 5.56 Å². The quantitative estimate of drug-likeness (QED) is 0.400. The number of benzene rings is 3. The van der Waals surface area contributed by atoms with Gasteiger partial charge in [-0.1, -0.05) is 78.9 Å². The van der Waals surface area contributed by atoms with Crippen LogP contribution in [0.2, 0.25) is 0 Å². The van der Waals surface area contributed by atoms with Crippen LogP contribution < -0.4 is 4.74 Å². The van der Waals surface area contributed by atoms with Crippen LogP contribution in [0.4, 0.5) is 0 Å². The molecule has 0 aliphatic rings. The molecule has 0 spiro atoms. The van der Waals surface area contributed by atoms with Crippen LogP contribution in [0.25, 0.3) is 0 Å². The lowest BCUT2D eigenvalue weighted by molar-refractivity contribution is -0.126. The fourth-order valence-corrected chi connectivity index (χ4v) is 2.27.